The van der Waals surface area contributed by atoms with Gasteiger partial charge in [0, 0.05) is 37.1 Å². The van der Waals surface area contributed by atoms with E-state index >= 15 is 0 Å². The average Bonchev–Trinajstić information content (AvgIpc) is 3.62. The van der Waals surface area contributed by atoms with Crippen molar-refractivity contribution in [2.24, 2.45) is 0 Å². The van der Waals surface area contributed by atoms with Crippen LogP contribution in [0.5, 0.6) is 0 Å². The van der Waals surface area contributed by atoms with E-state index in [9.17, 15) is 9.59 Å². The molecule has 1 saturated carbocycles. The first kappa shape index (κ1) is 21.4. The molecule has 2 N–H and O–H groups in total. The van der Waals surface area contributed by atoms with Gasteiger partial charge in [-0.2, -0.15) is 5.10 Å². The molecule has 1 saturated heterocycles. The summed E-state index contributed by atoms with van der Waals surface area (Å²) in [6, 6.07) is 9.74. The zero-order valence-electron chi connectivity index (χ0n) is 18.7. The second-order valence-electron chi connectivity index (χ2n) is 9.11. The van der Waals surface area contributed by atoms with Crippen LogP contribution in [0.2, 0.25) is 0 Å². The highest BCUT2D eigenvalue weighted by molar-refractivity contribution is 5.95. The van der Waals surface area contributed by atoms with Crippen LogP contribution in [0.1, 0.15) is 83.1 Å². The van der Waals surface area contributed by atoms with E-state index < -0.39 is 0 Å². The molecule has 8 nitrogen and oxygen atoms in total. The Hall–Kier alpha value is -3.42. The molecule has 0 radical (unpaired) electrons. The lowest BCUT2D eigenvalue weighted by Gasteiger charge is -2.35. The topological polar surface area (TPSA) is 95.9 Å². The molecule has 0 bridgehead atoms. The molecule has 3 aromatic rings. The van der Waals surface area contributed by atoms with Crippen molar-refractivity contribution in [2.75, 3.05) is 6.54 Å². The number of aromatic nitrogens is 4. The van der Waals surface area contributed by atoms with E-state index in [1.165, 1.54) is 12.8 Å². The molecule has 5 rings (SSSR count). The van der Waals surface area contributed by atoms with Crippen LogP contribution in [0.15, 0.2) is 49.1 Å². The van der Waals surface area contributed by atoms with Crippen molar-refractivity contribution in [3.8, 4) is 0 Å². The Balaban J connectivity index is 1.31. The highest BCUT2D eigenvalue weighted by Crippen LogP contribution is 2.31. The number of hydrogen-bond donors (Lipinski definition) is 2. The summed E-state index contributed by atoms with van der Waals surface area (Å²) in [5, 5.41) is 10.4. The Morgan fingerprint density at radius 3 is 2.76 bits per heavy atom. The third-order valence-corrected chi connectivity index (χ3v) is 6.74. The highest BCUT2D eigenvalue weighted by atomic mass is 16.2. The number of benzene rings is 1. The molecule has 33 heavy (non-hydrogen) atoms. The summed E-state index contributed by atoms with van der Waals surface area (Å²) in [4.78, 5) is 32.1. The Morgan fingerprint density at radius 1 is 1.09 bits per heavy atom. The van der Waals surface area contributed by atoms with Gasteiger partial charge in [0.15, 0.2) is 0 Å². The molecule has 2 aliphatic rings. The van der Waals surface area contributed by atoms with Crippen molar-refractivity contribution in [1.82, 2.24) is 30.0 Å². The maximum atomic E-state index is 13.5. The van der Waals surface area contributed by atoms with Gasteiger partial charge in [-0.3, -0.25) is 14.7 Å². The first-order chi connectivity index (χ1) is 16.2. The van der Waals surface area contributed by atoms with E-state index in [-0.39, 0.29) is 23.9 Å². The Bertz CT molecular complexity index is 1100. The molecule has 1 aliphatic carbocycles. The first-order valence-corrected chi connectivity index (χ1v) is 11.9. The minimum absolute atomic E-state index is 0.0127. The van der Waals surface area contributed by atoms with Crippen molar-refractivity contribution in [3.63, 3.8) is 0 Å². The molecule has 0 unspecified atom stereocenters. The largest absolute Gasteiger partial charge is 0.348 e. The maximum Gasteiger partial charge on any atom is 0.271 e. The second-order valence-corrected chi connectivity index (χ2v) is 9.11. The van der Waals surface area contributed by atoms with Gasteiger partial charge in [0.1, 0.15) is 5.69 Å². The summed E-state index contributed by atoms with van der Waals surface area (Å²) in [5.41, 5.74) is 2.96. The summed E-state index contributed by atoms with van der Waals surface area (Å²) in [5.74, 6) is -0.121. The Morgan fingerprint density at radius 2 is 1.94 bits per heavy atom. The number of hydrogen-bond acceptors (Lipinski definition) is 4. The van der Waals surface area contributed by atoms with Crippen molar-refractivity contribution >= 4 is 11.8 Å². The number of piperidine rings is 1. The van der Waals surface area contributed by atoms with E-state index in [0.717, 1.165) is 43.4 Å². The van der Waals surface area contributed by atoms with Gasteiger partial charge in [-0.05, 0) is 55.9 Å². The molecule has 1 atom stereocenters. The number of likely N-dealkylation sites (tertiary alicyclic amines) is 1. The quantitative estimate of drug-likeness (QED) is 0.604. The fourth-order valence-electron chi connectivity index (χ4n) is 5.01. The van der Waals surface area contributed by atoms with Gasteiger partial charge in [-0.25, -0.2) is 4.98 Å². The molecule has 8 heteroatoms. The van der Waals surface area contributed by atoms with E-state index in [0.29, 0.717) is 24.3 Å². The van der Waals surface area contributed by atoms with Crippen LogP contribution in [0.4, 0.5) is 0 Å². The third kappa shape index (κ3) is 4.84. The molecule has 1 aliphatic heterocycles. The smallest absolute Gasteiger partial charge is 0.271 e. The lowest BCUT2D eigenvalue weighted by Crippen LogP contribution is -2.38. The van der Waals surface area contributed by atoms with Gasteiger partial charge in [0.05, 0.1) is 18.1 Å². The Labute approximate surface area is 193 Å². The molecule has 2 aromatic heterocycles. The summed E-state index contributed by atoms with van der Waals surface area (Å²) in [7, 11) is 0. The van der Waals surface area contributed by atoms with Crippen molar-refractivity contribution in [2.45, 2.75) is 63.6 Å². The van der Waals surface area contributed by atoms with Gasteiger partial charge >= 0.3 is 0 Å². The standard InChI is InChI=1S/C25H30N6O2/c32-24(27-20-8-1-2-9-20)22-15-21(28-29-22)23-10-3-4-12-31(23)25(33)19-7-5-6-18(14-19)16-30-13-11-26-17-30/h5-7,11,13-15,17,20,23H,1-4,8-10,12,16H2,(H,27,32)(H,28,29)/t23-/m0/s1. The molecule has 2 amide bonds. The fourth-order valence-corrected chi connectivity index (χ4v) is 5.01. The number of imidazole rings is 1. The van der Waals surface area contributed by atoms with Crippen LogP contribution < -0.4 is 5.32 Å². The van der Waals surface area contributed by atoms with Crippen molar-refractivity contribution < 1.29 is 9.59 Å². The molecule has 0 spiro atoms. The van der Waals surface area contributed by atoms with Crippen LogP contribution in [0, 0.1) is 0 Å². The lowest BCUT2D eigenvalue weighted by molar-refractivity contribution is 0.0606. The number of amides is 2. The molecular formula is C25H30N6O2. The molecule has 172 valence electrons. The number of nitrogens with one attached hydrogen (secondary N) is 2. The van der Waals surface area contributed by atoms with E-state index in [2.05, 4.69) is 20.5 Å². The van der Waals surface area contributed by atoms with Gasteiger partial charge in [0.2, 0.25) is 0 Å². The number of nitrogens with zero attached hydrogens (tertiary/aromatic N) is 4. The number of aromatic amines is 1. The zero-order valence-corrected chi connectivity index (χ0v) is 18.7. The first-order valence-electron chi connectivity index (χ1n) is 11.9. The number of H-pyrrole nitrogens is 1. The SMILES string of the molecule is O=C(NC1CCCC1)c1cc([C@@H]2CCCCN2C(=O)c2cccc(Cn3ccnc3)c2)[nH]n1. The van der Waals surface area contributed by atoms with Crippen molar-refractivity contribution in [3.05, 3.63) is 71.6 Å². The second kappa shape index (κ2) is 9.60. The number of carbonyl (C=O) groups is 2. The van der Waals surface area contributed by atoms with Crippen LogP contribution >= 0.6 is 0 Å². The summed E-state index contributed by atoms with van der Waals surface area (Å²) >= 11 is 0. The predicted molar refractivity (Wildman–Crippen MR) is 124 cm³/mol. The Kier molecular flexibility index (Phi) is 6.24. The molecule has 1 aromatic carbocycles. The summed E-state index contributed by atoms with van der Waals surface area (Å²) in [6.45, 7) is 1.36. The number of carbonyl (C=O) groups excluding carboxylic acids is 2. The van der Waals surface area contributed by atoms with Gasteiger partial charge in [0.25, 0.3) is 11.8 Å². The summed E-state index contributed by atoms with van der Waals surface area (Å²) < 4.78 is 1.98. The van der Waals surface area contributed by atoms with Gasteiger partial charge < -0.3 is 14.8 Å². The highest BCUT2D eigenvalue weighted by Gasteiger charge is 2.31. The van der Waals surface area contributed by atoms with Crippen LogP contribution in [-0.4, -0.2) is 49.0 Å². The monoisotopic (exact) mass is 446 g/mol. The third-order valence-electron chi connectivity index (χ3n) is 6.74. The predicted octanol–water partition coefficient (Wildman–Crippen LogP) is 3.69. The lowest BCUT2D eigenvalue weighted by atomic mass is 9.97. The van der Waals surface area contributed by atoms with E-state index in [4.69, 9.17) is 0 Å². The zero-order chi connectivity index (χ0) is 22.6. The van der Waals surface area contributed by atoms with Gasteiger partial charge in [-0.15, -0.1) is 0 Å². The van der Waals surface area contributed by atoms with Crippen LogP contribution in [0.3, 0.4) is 0 Å². The summed E-state index contributed by atoms with van der Waals surface area (Å²) in [6.07, 6.45) is 12.7. The van der Waals surface area contributed by atoms with Gasteiger partial charge in [-0.1, -0.05) is 25.0 Å². The van der Waals surface area contributed by atoms with Crippen LogP contribution in [0.25, 0.3) is 0 Å². The normalized spacial score (nSPS) is 19.0. The minimum atomic E-state index is -0.134. The van der Waals surface area contributed by atoms with Crippen molar-refractivity contribution in [1.29, 1.82) is 0 Å². The maximum absolute atomic E-state index is 13.5. The fraction of sp³-hybridized carbons (Fsp3) is 0.440. The van der Waals surface area contributed by atoms with E-state index in [1.807, 2.05) is 46.0 Å². The average molecular weight is 447 g/mol. The molecular weight excluding hydrogens is 416 g/mol. The molecule has 2 fully saturated rings. The number of rotatable bonds is 6. The van der Waals surface area contributed by atoms with E-state index in [1.54, 1.807) is 12.5 Å². The van der Waals surface area contributed by atoms with Crippen LogP contribution in [-0.2, 0) is 6.54 Å². The minimum Gasteiger partial charge on any atom is -0.348 e. The molecule has 3 heterocycles.